The summed E-state index contributed by atoms with van der Waals surface area (Å²) in [6.45, 7) is 6.17. The van der Waals surface area contributed by atoms with Crippen molar-refractivity contribution in [3.63, 3.8) is 0 Å². The van der Waals surface area contributed by atoms with Crippen LogP contribution in [-0.2, 0) is 6.54 Å². The average Bonchev–Trinajstić information content (AvgIpc) is 2.43. The number of hydrogen-bond acceptors (Lipinski definition) is 3. The molecule has 21 heavy (non-hydrogen) atoms. The number of hydrogen-bond donors (Lipinski definition) is 1. The molecule has 2 aromatic rings. The minimum atomic E-state index is 0.534. The topological polar surface area (TPSA) is 34.1 Å². The zero-order chi connectivity index (χ0) is 15.2. The number of aromatic nitrogens is 1. The van der Waals surface area contributed by atoms with Gasteiger partial charge in [0.25, 0.3) is 0 Å². The van der Waals surface area contributed by atoms with E-state index >= 15 is 0 Å². The zero-order valence-corrected chi connectivity index (χ0v) is 14.4. The molecule has 1 aromatic heterocycles. The van der Waals surface area contributed by atoms with Crippen LogP contribution in [0.15, 0.2) is 41.0 Å². The van der Waals surface area contributed by atoms with E-state index in [2.05, 4.69) is 40.1 Å². The number of ether oxygens (including phenoxy) is 1. The molecular formula is C16H18BrClN2O. The number of halogens is 2. The van der Waals surface area contributed by atoms with Gasteiger partial charge >= 0.3 is 0 Å². The summed E-state index contributed by atoms with van der Waals surface area (Å²) < 4.78 is 6.59. The second kappa shape index (κ2) is 7.78. The SMILES string of the molecule is CC(C)CNCc1ccc(Oc2ccc(Br)cc2Cl)nc1. The maximum Gasteiger partial charge on any atom is 0.219 e. The normalized spacial score (nSPS) is 10.9. The van der Waals surface area contributed by atoms with E-state index < -0.39 is 0 Å². The summed E-state index contributed by atoms with van der Waals surface area (Å²) >= 11 is 9.48. The van der Waals surface area contributed by atoms with Crippen molar-refractivity contribution in [1.82, 2.24) is 10.3 Å². The molecule has 0 aliphatic carbocycles. The van der Waals surface area contributed by atoms with E-state index in [-0.39, 0.29) is 0 Å². The third-order valence-electron chi connectivity index (χ3n) is 2.79. The minimum absolute atomic E-state index is 0.534. The van der Waals surface area contributed by atoms with E-state index in [1.807, 2.05) is 30.5 Å². The van der Waals surface area contributed by atoms with E-state index in [0.717, 1.165) is 23.1 Å². The molecule has 0 saturated carbocycles. The fourth-order valence-corrected chi connectivity index (χ4v) is 2.46. The van der Waals surface area contributed by atoms with Crippen LogP contribution in [0.5, 0.6) is 11.6 Å². The number of nitrogens with zero attached hydrogens (tertiary/aromatic N) is 1. The van der Waals surface area contributed by atoms with Crippen molar-refractivity contribution in [1.29, 1.82) is 0 Å². The lowest BCUT2D eigenvalue weighted by atomic mass is 10.2. The van der Waals surface area contributed by atoms with Gasteiger partial charge in [0.05, 0.1) is 5.02 Å². The van der Waals surface area contributed by atoms with Crippen LogP contribution < -0.4 is 10.1 Å². The first-order valence-electron chi connectivity index (χ1n) is 6.83. The molecule has 0 bridgehead atoms. The highest BCUT2D eigenvalue weighted by atomic mass is 79.9. The molecule has 1 heterocycles. The Balaban J connectivity index is 1.95. The smallest absolute Gasteiger partial charge is 0.219 e. The second-order valence-electron chi connectivity index (χ2n) is 5.21. The highest BCUT2D eigenvalue weighted by molar-refractivity contribution is 9.10. The fraction of sp³-hybridized carbons (Fsp3) is 0.312. The van der Waals surface area contributed by atoms with Gasteiger partial charge in [-0.15, -0.1) is 0 Å². The maximum absolute atomic E-state index is 6.12. The molecule has 0 aliphatic heterocycles. The van der Waals surface area contributed by atoms with Crippen LogP contribution in [-0.4, -0.2) is 11.5 Å². The molecule has 1 N–H and O–H groups in total. The summed E-state index contributed by atoms with van der Waals surface area (Å²) in [4.78, 5) is 4.30. The van der Waals surface area contributed by atoms with Crippen molar-refractivity contribution in [3.05, 3.63) is 51.6 Å². The highest BCUT2D eigenvalue weighted by Crippen LogP contribution is 2.30. The Labute approximate surface area is 138 Å². The molecule has 1 aromatic carbocycles. The number of pyridine rings is 1. The van der Waals surface area contributed by atoms with Gasteiger partial charge in [-0.25, -0.2) is 4.98 Å². The Morgan fingerprint density at radius 2 is 2.10 bits per heavy atom. The summed E-state index contributed by atoms with van der Waals surface area (Å²) in [7, 11) is 0. The molecule has 0 atom stereocenters. The third-order valence-corrected chi connectivity index (χ3v) is 3.58. The largest absolute Gasteiger partial charge is 0.437 e. The van der Waals surface area contributed by atoms with E-state index in [9.17, 15) is 0 Å². The number of rotatable bonds is 6. The predicted octanol–water partition coefficient (Wildman–Crippen LogP) is 5.04. The Morgan fingerprint density at radius 3 is 2.71 bits per heavy atom. The third kappa shape index (κ3) is 5.30. The van der Waals surface area contributed by atoms with Crippen LogP contribution in [0.1, 0.15) is 19.4 Å². The lowest BCUT2D eigenvalue weighted by Crippen LogP contribution is -2.18. The lowest BCUT2D eigenvalue weighted by molar-refractivity contribution is 0.462. The van der Waals surface area contributed by atoms with E-state index in [1.54, 1.807) is 6.07 Å². The molecule has 2 rings (SSSR count). The average molecular weight is 370 g/mol. The standard InChI is InChI=1S/C16H18BrClN2O/c1-11(2)8-19-9-12-3-6-16(20-10-12)21-15-5-4-13(17)7-14(15)18/h3-7,10-11,19H,8-9H2,1-2H3. The summed E-state index contributed by atoms with van der Waals surface area (Å²) in [6.07, 6.45) is 1.81. The van der Waals surface area contributed by atoms with Crippen LogP contribution >= 0.6 is 27.5 Å². The van der Waals surface area contributed by atoms with Gasteiger partial charge < -0.3 is 10.1 Å². The van der Waals surface area contributed by atoms with Crippen LogP contribution in [0.4, 0.5) is 0 Å². The summed E-state index contributed by atoms with van der Waals surface area (Å²) in [5, 5.41) is 3.93. The van der Waals surface area contributed by atoms with Gasteiger partial charge in [0.15, 0.2) is 0 Å². The Bertz CT molecular complexity index is 587. The van der Waals surface area contributed by atoms with Gasteiger partial charge in [0, 0.05) is 23.3 Å². The lowest BCUT2D eigenvalue weighted by Gasteiger charge is -2.09. The van der Waals surface area contributed by atoms with Gasteiger partial charge in [-0.2, -0.15) is 0 Å². The predicted molar refractivity (Wildman–Crippen MR) is 90.0 cm³/mol. The molecule has 0 amide bonds. The van der Waals surface area contributed by atoms with Gasteiger partial charge in [-0.1, -0.05) is 47.4 Å². The van der Waals surface area contributed by atoms with Crippen molar-refractivity contribution in [2.24, 2.45) is 5.92 Å². The second-order valence-corrected chi connectivity index (χ2v) is 6.53. The zero-order valence-electron chi connectivity index (χ0n) is 12.1. The quantitative estimate of drug-likeness (QED) is 0.775. The molecular weight excluding hydrogens is 352 g/mol. The van der Waals surface area contributed by atoms with Gasteiger partial charge in [-0.05, 0) is 36.2 Å². The van der Waals surface area contributed by atoms with Gasteiger partial charge in [0.2, 0.25) is 5.88 Å². The minimum Gasteiger partial charge on any atom is -0.437 e. The van der Waals surface area contributed by atoms with Crippen molar-refractivity contribution >= 4 is 27.5 Å². The Hall–Kier alpha value is -1.10. The molecule has 0 saturated heterocycles. The molecule has 0 aliphatic rings. The monoisotopic (exact) mass is 368 g/mol. The van der Waals surface area contributed by atoms with E-state index in [4.69, 9.17) is 16.3 Å². The van der Waals surface area contributed by atoms with Crippen LogP contribution in [0, 0.1) is 5.92 Å². The number of nitrogens with one attached hydrogen (secondary N) is 1. The van der Waals surface area contributed by atoms with Crippen molar-refractivity contribution in [3.8, 4) is 11.6 Å². The van der Waals surface area contributed by atoms with Crippen LogP contribution in [0.25, 0.3) is 0 Å². The molecule has 3 nitrogen and oxygen atoms in total. The van der Waals surface area contributed by atoms with Crippen molar-refractivity contribution < 1.29 is 4.74 Å². The highest BCUT2D eigenvalue weighted by Gasteiger charge is 2.05. The van der Waals surface area contributed by atoms with Gasteiger partial charge in [0.1, 0.15) is 5.75 Å². The fourth-order valence-electron chi connectivity index (χ4n) is 1.75. The van der Waals surface area contributed by atoms with E-state index in [0.29, 0.717) is 22.6 Å². The van der Waals surface area contributed by atoms with Crippen LogP contribution in [0.3, 0.4) is 0 Å². The molecule has 0 spiro atoms. The van der Waals surface area contributed by atoms with Gasteiger partial charge in [-0.3, -0.25) is 0 Å². The first-order chi connectivity index (χ1) is 10.0. The first kappa shape index (κ1) is 16.3. The Kier molecular flexibility index (Phi) is 6.03. The Morgan fingerprint density at radius 1 is 1.29 bits per heavy atom. The molecule has 112 valence electrons. The first-order valence-corrected chi connectivity index (χ1v) is 8.00. The van der Waals surface area contributed by atoms with Crippen molar-refractivity contribution in [2.45, 2.75) is 20.4 Å². The molecule has 5 heteroatoms. The van der Waals surface area contributed by atoms with Crippen molar-refractivity contribution in [2.75, 3.05) is 6.54 Å². The summed E-state index contributed by atoms with van der Waals surface area (Å²) in [5.41, 5.74) is 1.13. The summed E-state index contributed by atoms with van der Waals surface area (Å²) in [5.74, 6) is 1.77. The van der Waals surface area contributed by atoms with Crippen LogP contribution in [0.2, 0.25) is 5.02 Å². The van der Waals surface area contributed by atoms with E-state index in [1.165, 1.54) is 0 Å². The molecule has 0 fully saturated rings. The molecule has 0 radical (unpaired) electrons. The maximum atomic E-state index is 6.12. The molecule has 0 unspecified atom stereocenters. The number of benzene rings is 1. The summed E-state index contributed by atoms with van der Waals surface area (Å²) in [6, 6.07) is 9.34.